The van der Waals surface area contributed by atoms with E-state index in [1.165, 1.54) is 31.4 Å². The molecule has 1 fully saturated rings. The first-order chi connectivity index (χ1) is 11.5. The van der Waals surface area contributed by atoms with Gasteiger partial charge in [-0.1, -0.05) is 31.4 Å². The van der Waals surface area contributed by atoms with Crippen molar-refractivity contribution in [3.8, 4) is 16.9 Å². The Kier molecular flexibility index (Phi) is 4.78. The van der Waals surface area contributed by atoms with Gasteiger partial charge in [0.05, 0.1) is 7.11 Å². The van der Waals surface area contributed by atoms with E-state index in [-0.39, 0.29) is 22.8 Å². The quantitative estimate of drug-likeness (QED) is 0.627. The lowest BCUT2D eigenvalue weighted by molar-refractivity contribution is 0.372. The van der Waals surface area contributed by atoms with Crippen LogP contribution in [-0.2, 0) is 0 Å². The zero-order valence-electron chi connectivity index (χ0n) is 13.3. The highest BCUT2D eigenvalue weighted by atomic mass is 19.2. The number of methoxy groups -OCH3 is 1. The molecule has 0 spiro atoms. The van der Waals surface area contributed by atoms with Gasteiger partial charge in [-0.05, 0) is 36.5 Å². The smallest absolute Gasteiger partial charge is 0.201 e. The van der Waals surface area contributed by atoms with Crippen molar-refractivity contribution in [1.82, 2.24) is 0 Å². The van der Waals surface area contributed by atoms with Gasteiger partial charge < -0.3 is 4.74 Å². The van der Waals surface area contributed by atoms with E-state index in [0.717, 1.165) is 32.1 Å². The van der Waals surface area contributed by atoms with Crippen LogP contribution >= 0.6 is 0 Å². The number of hydrogen-bond donors (Lipinski definition) is 0. The highest BCUT2D eigenvalue weighted by Gasteiger charge is 2.25. The molecule has 0 atom stereocenters. The van der Waals surface area contributed by atoms with Crippen molar-refractivity contribution in [2.24, 2.45) is 0 Å². The molecule has 3 rings (SSSR count). The van der Waals surface area contributed by atoms with E-state index in [9.17, 15) is 17.6 Å². The molecular weight excluding hydrogens is 320 g/mol. The van der Waals surface area contributed by atoms with Crippen LogP contribution in [0, 0.1) is 23.3 Å². The van der Waals surface area contributed by atoms with Crippen molar-refractivity contribution >= 4 is 0 Å². The van der Waals surface area contributed by atoms with Crippen molar-refractivity contribution in [3.05, 3.63) is 53.1 Å². The third-order valence-corrected chi connectivity index (χ3v) is 4.71. The molecule has 1 aliphatic rings. The van der Waals surface area contributed by atoms with Gasteiger partial charge in [0, 0.05) is 11.1 Å². The molecule has 0 aliphatic heterocycles. The molecule has 24 heavy (non-hydrogen) atoms. The summed E-state index contributed by atoms with van der Waals surface area (Å²) in [6, 6.07) is 5.20. The minimum Gasteiger partial charge on any atom is -0.494 e. The second kappa shape index (κ2) is 6.83. The van der Waals surface area contributed by atoms with Crippen molar-refractivity contribution in [1.29, 1.82) is 0 Å². The van der Waals surface area contributed by atoms with Gasteiger partial charge in [-0.25, -0.2) is 13.2 Å². The van der Waals surface area contributed by atoms with Crippen LogP contribution in [0.3, 0.4) is 0 Å². The molecule has 1 nitrogen and oxygen atoms in total. The predicted octanol–water partition coefficient (Wildman–Crippen LogP) is 5.97. The standard InChI is InChI=1S/C19H18F4O/c1-24-15-10-9-14(18(22)19(15)23)13-8-7-12(16(20)17(13)21)11-5-3-2-4-6-11/h7-11H,2-6H2,1H3. The first-order valence-corrected chi connectivity index (χ1v) is 8.04. The Hall–Kier alpha value is -2.04. The van der Waals surface area contributed by atoms with Crippen molar-refractivity contribution in [3.63, 3.8) is 0 Å². The Labute approximate surface area is 138 Å². The molecule has 2 aromatic carbocycles. The molecule has 0 amide bonds. The first kappa shape index (κ1) is 16.8. The largest absolute Gasteiger partial charge is 0.494 e. The molecule has 0 radical (unpaired) electrons. The van der Waals surface area contributed by atoms with E-state index in [2.05, 4.69) is 4.74 Å². The lowest BCUT2D eigenvalue weighted by Gasteiger charge is -2.23. The zero-order valence-corrected chi connectivity index (χ0v) is 13.3. The molecule has 5 heteroatoms. The van der Waals surface area contributed by atoms with Crippen molar-refractivity contribution < 1.29 is 22.3 Å². The number of halogens is 4. The Morgan fingerprint density at radius 2 is 1.33 bits per heavy atom. The van der Waals surface area contributed by atoms with Gasteiger partial charge in [-0.2, -0.15) is 4.39 Å². The Morgan fingerprint density at radius 1 is 0.750 bits per heavy atom. The molecule has 0 N–H and O–H groups in total. The Morgan fingerprint density at radius 3 is 1.96 bits per heavy atom. The van der Waals surface area contributed by atoms with Gasteiger partial charge >= 0.3 is 0 Å². The lowest BCUT2D eigenvalue weighted by atomic mass is 9.83. The number of rotatable bonds is 3. The Balaban J connectivity index is 2.04. The minimum absolute atomic E-state index is 0.0141. The van der Waals surface area contributed by atoms with Gasteiger partial charge in [0.2, 0.25) is 5.82 Å². The summed E-state index contributed by atoms with van der Waals surface area (Å²) in [7, 11) is 1.21. The molecule has 2 aromatic rings. The van der Waals surface area contributed by atoms with E-state index in [1.807, 2.05) is 0 Å². The maximum atomic E-state index is 14.5. The molecule has 1 aliphatic carbocycles. The third-order valence-electron chi connectivity index (χ3n) is 4.71. The average Bonchev–Trinajstić information content (AvgIpc) is 2.61. The fraction of sp³-hybridized carbons (Fsp3) is 0.368. The van der Waals surface area contributed by atoms with E-state index < -0.39 is 23.3 Å². The lowest BCUT2D eigenvalue weighted by Crippen LogP contribution is -2.08. The van der Waals surface area contributed by atoms with Crippen LogP contribution in [0.2, 0.25) is 0 Å². The maximum Gasteiger partial charge on any atom is 0.201 e. The van der Waals surface area contributed by atoms with Gasteiger partial charge in [-0.15, -0.1) is 0 Å². The van der Waals surface area contributed by atoms with E-state index in [4.69, 9.17) is 0 Å². The fourth-order valence-corrected chi connectivity index (χ4v) is 3.40. The third kappa shape index (κ3) is 2.87. The number of benzene rings is 2. The van der Waals surface area contributed by atoms with Gasteiger partial charge in [0.1, 0.15) is 0 Å². The van der Waals surface area contributed by atoms with Crippen LogP contribution in [0.4, 0.5) is 17.6 Å². The van der Waals surface area contributed by atoms with Crippen LogP contribution in [0.15, 0.2) is 24.3 Å². The van der Waals surface area contributed by atoms with Crippen molar-refractivity contribution in [2.75, 3.05) is 7.11 Å². The second-order valence-corrected chi connectivity index (χ2v) is 6.11. The minimum atomic E-state index is -1.25. The monoisotopic (exact) mass is 338 g/mol. The zero-order chi connectivity index (χ0) is 17.3. The van der Waals surface area contributed by atoms with Crippen LogP contribution < -0.4 is 4.74 Å². The summed E-state index contributed by atoms with van der Waals surface area (Å²) in [4.78, 5) is 0. The van der Waals surface area contributed by atoms with Crippen molar-refractivity contribution in [2.45, 2.75) is 38.0 Å². The average molecular weight is 338 g/mol. The van der Waals surface area contributed by atoms with E-state index in [0.29, 0.717) is 5.56 Å². The van der Waals surface area contributed by atoms with Crippen LogP contribution in [0.1, 0.15) is 43.6 Å². The van der Waals surface area contributed by atoms with Gasteiger partial charge in [0.15, 0.2) is 23.2 Å². The van der Waals surface area contributed by atoms with Crippen LogP contribution in [-0.4, -0.2) is 7.11 Å². The number of ether oxygens (including phenoxy) is 1. The summed E-state index contributed by atoms with van der Waals surface area (Å²) < 4.78 is 61.7. The topological polar surface area (TPSA) is 9.23 Å². The normalized spacial score (nSPS) is 15.5. The van der Waals surface area contributed by atoms with Crippen LogP contribution in [0.5, 0.6) is 5.75 Å². The van der Waals surface area contributed by atoms with Gasteiger partial charge in [0.25, 0.3) is 0 Å². The summed E-state index contributed by atoms with van der Waals surface area (Å²) in [5.74, 6) is -4.86. The second-order valence-electron chi connectivity index (χ2n) is 6.11. The fourth-order valence-electron chi connectivity index (χ4n) is 3.40. The highest BCUT2D eigenvalue weighted by Crippen LogP contribution is 2.38. The Bertz CT molecular complexity index is 752. The SMILES string of the molecule is COc1ccc(-c2ccc(C3CCCCC3)c(F)c2F)c(F)c1F. The first-order valence-electron chi connectivity index (χ1n) is 8.04. The van der Waals surface area contributed by atoms with Gasteiger partial charge in [-0.3, -0.25) is 0 Å². The summed E-state index contributed by atoms with van der Waals surface area (Å²) >= 11 is 0. The van der Waals surface area contributed by atoms with Crippen LogP contribution in [0.25, 0.3) is 11.1 Å². The molecule has 1 saturated carbocycles. The molecule has 0 bridgehead atoms. The van der Waals surface area contributed by atoms with E-state index in [1.54, 1.807) is 0 Å². The molecule has 0 saturated heterocycles. The molecule has 128 valence electrons. The summed E-state index contributed by atoms with van der Waals surface area (Å²) in [6.07, 6.45) is 4.73. The number of hydrogen-bond acceptors (Lipinski definition) is 1. The maximum absolute atomic E-state index is 14.5. The molecule has 0 unspecified atom stereocenters. The molecular formula is C19H18F4O. The molecule has 0 aromatic heterocycles. The highest BCUT2D eigenvalue weighted by molar-refractivity contribution is 5.66. The summed E-state index contributed by atoms with van der Waals surface area (Å²) in [6.45, 7) is 0. The predicted molar refractivity (Wildman–Crippen MR) is 84.1 cm³/mol. The molecule has 0 heterocycles. The summed E-state index contributed by atoms with van der Waals surface area (Å²) in [5.41, 5.74) is -0.281. The van der Waals surface area contributed by atoms with E-state index >= 15 is 0 Å². The summed E-state index contributed by atoms with van der Waals surface area (Å²) in [5, 5.41) is 0.